The number of Topliss-reactive ketones (excluding diaryl/α,β-unsaturated/α-hetero) is 1. The van der Waals surface area contributed by atoms with Gasteiger partial charge in [-0.15, -0.1) is 0 Å². The van der Waals surface area contributed by atoms with E-state index in [9.17, 15) is 13.2 Å². The average molecular weight is 320 g/mol. The number of rotatable bonds is 4. The molecule has 0 saturated heterocycles. The molecule has 0 spiro atoms. The standard InChI is InChI=1S/C11H14BrNO3S/c1-3-17(15,16)11(2,12)10(14)8-4-6-9(13)7-5-8/h4-7H,3,13H2,1-2H3/t11-/m1/s1. The topological polar surface area (TPSA) is 77.2 Å². The van der Waals surface area contributed by atoms with Crippen LogP contribution < -0.4 is 5.73 Å². The lowest BCUT2D eigenvalue weighted by Crippen LogP contribution is -2.38. The molecule has 1 rings (SSSR count). The first-order valence-corrected chi connectivity index (χ1v) is 7.48. The predicted molar refractivity (Wildman–Crippen MR) is 72.0 cm³/mol. The van der Waals surface area contributed by atoms with Crippen molar-refractivity contribution in [2.45, 2.75) is 17.5 Å². The number of halogens is 1. The van der Waals surface area contributed by atoms with Gasteiger partial charge in [0.1, 0.15) is 0 Å². The fourth-order valence-electron chi connectivity index (χ4n) is 1.30. The van der Waals surface area contributed by atoms with E-state index in [0.717, 1.165) is 0 Å². The van der Waals surface area contributed by atoms with Crippen LogP contribution in [0.15, 0.2) is 24.3 Å². The molecule has 0 bridgehead atoms. The van der Waals surface area contributed by atoms with E-state index < -0.39 is 19.3 Å². The van der Waals surface area contributed by atoms with E-state index >= 15 is 0 Å². The van der Waals surface area contributed by atoms with Gasteiger partial charge in [0.2, 0.25) is 0 Å². The van der Waals surface area contributed by atoms with Crippen molar-refractivity contribution in [1.82, 2.24) is 0 Å². The number of ketones is 1. The second-order valence-electron chi connectivity index (χ2n) is 3.77. The van der Waals surface area contributed by atoms with Crippen molar-refractivity contribution >= 4 is 37.2 Å². The van der Waals surface area contributed by atoms with Crippen LogP contribution in [-0.2, 0) is 9.84 Å². The van der Waals surface area contributed by atoms with E-state index in [-0.39, 0.29) is 5.75 Å². The number of benzene rings is 1. The van der Waals surface area contributed by atoms with Crippen molar-refractivity contribution in [3.8, 4) is 0 Å². The number of anilines is 1. The van der Waals surface area contributed by atoms with E-state index in [1.807, 2.05) is 0 Å². The van der Waals surface area contributed by atoms with E-state index in [0.29, 0.717) is 11.3 Å². The lowest BCUT2D eigenvalue weighted by Gasteiger charge is -2.20. The zero-order chi connectivity index (χ0) is 13.3. The van der Waals surface area contributed by atoms with Crippen LogP contribution in [0, 0.1) is 0 Å². The number of hydrogen-bond acceptors (Lipinski definition) is 4. The monoisotopic (exact) mass is 319 g/mol. The van der Waals surface area contributed by atoms with Crippen molar-refractivity contribution in [2.75, 3.05) is 11.5 Å². The van der Waals surface area contributed by atoms with Crippen LogP contribution in [0.25, 0.3) is 0 Å². The zero-order valence-electron chi connectivity index (χ0n) is 9.60. The molecule has 1 aromatic carbocycles. The number of nitrogen functional groups attached to an aromatic ring is 1. The molecule has 4 nitrogen and oxygen atoms in total. The predicted octanol–water partition coefficient (Wildman–Crippen LogP) is 2.00. The highest BCUT2D eigenvalue weighted by molar-refractivity contribution is 9.12. The molecule has 94 valence electrons. The Morgan fingerprint density at radius 3 is 2.24 bits per heavy atom. The van der Waals surface area contributed by atoms with Gasteiger partial charge in [0, 0.05) is 17.0 Å². The van der Waals surface area contributed by atoms with Crippen LogP contribution in [0.1, 0.15) is 24.2 Å². The number of nitrogens with two attached hydrogens (primary N) is 1. The third-order valence-corrected chi connectivity index (χ3v) is 6.50. The molecular weight excluding hydrogens is 306 g/mol. The zero-order valence-corrected chi connectivity index (χ0v) is 12.0. The summed E-state index contributed by atoms with van der Waals surface area (Å²) in [4.78, 5) is 12.1. The molecule has 0 aliphatic rings. The SMILES string of the molecule is CCS(=O)(=O)[C@@](C)(Br)C(=O)c1ccc(N)cc1. The molecular formula is C11H14BrNO3S. The quantitative estimate of drug-likeness (QED) is 0.523. The summed E-state index contributed by atoms with van der Waals surface area (Å²) in [6.07, 6.45) is 0. The van der Waals surface area contributed by atoms with Crippen LogP contribution in [0.3, 0.4) is 0 Å². The summed E-state index contributed by atoms with van der Waals surface area (Å²) in [5.74, 6) is -0.588. The van der Waals surface area contributed by atoms with E-state index in [4.69, 9.17) is 5.73 Å². The van der Waals surface area contributed by atoms with Gasteiger partial charge in [-0.3, -0.25) is 4.79 Å². The molecule has 0 fully saturated rings. The summed E-state index contributed by atoms with van der Waals surface area (Å²) in [5.41, 5.74) is 6.35. The molecule has 1 atom stereocenters. The van der Waals surface area contributed by atoms with Crippen LogP contribution >= 0.6 is 15.9 Å². The minimum atomic E-state index is -3.52. The Morgan fingerprint density at radius 2 is 1.82 bits per heavy atom. The number of hydrogen-bond donors (Lipinski definition) is 1. The first-order valence-electron chi connectivity index (χ1n) is 5.04. The molecule has 1 aromatic rings. The molecule has 0 aliphatic carbocycles. The Morgan fingerprint density at radius 1 is 1.35 bits per heavy atom. The van der Waals surface area contributed by atoms with Crippen molar-refractivity contribution in [3.05, 3.63) is 29.8 Å². The fraction of sp³-hybridized carbons (Fsp3) is 0.364. The highest BCUT2D eigenvalue weighted by Gasteiger charge is 2.42. The highest BCUT2D eigenvalue weighted by atomic mass is 79.9. The van der Waals surface area contributed by atoms with Gasteiger partial charge in [-0.25, -0.2) is 8.42 Å². The molecule has 0 amide bonds. The second kappa shape index (κ2) is 4.78. The Bertz CT molecular complexity index is 520. The van der Waals surface area contributed by atoms with Gasteiger partial charge in [0.15, 0.2) is 19.3 Å². The number of sulfone groups is 1. The minimum Gasteiger partial charge on any atom is -0.399 e. The molecule has 0 radical (unpaired) electrons. The van der Waals surface area contributed by atoms with Gasteiger partial charge in [-0.05, 0) is 31.2 Å². The van der Waals surface area contributed by atoms with Crippen LogP contribution in [0.4, 0.5) is 5.69 Å². The minimum absolute atomic E-state index is 0.102. The Kier molecular flexibility index (Phi) is 3.99. The molecule has 0 aliphatic heterocycles. The molecule has 0 heterocycles. The number of alkyl halides is 1. The summed E-state index contributed by atoms with van der Waals surface area (Å²) < 4.78 is 22.0. The van der Waals surface area contributed by atoms with E-state index in [1.54, 1.807) is 12.1 Å². The lowest BCUT2D eigenvalue weighted by molar-refractivity contribution is 0.0983. The first-order chi connectivity index (χ1) is 7.72. The third-order valence-electron chi connectivity index (χ3n) is 2.54. The number of carbonyl (C=O) groups excluding carboxylic acids is 1. The van der Waals surface area contributed by atoms with Crippen LogP contribution in [-0.4, -0.2) is 23.6 Å². The van der Waals surface area contributed by atoms with Gasteiger partial charge in [-0.2, -0.15) is 0 Å². The van der Waals surface area contributed by atoms with E-state index in [1.165, 1.54) is 26.0 Å². The molecule has 0 unspecified atom stereocenters. The molecule has 0 aromatic heterocycles. The molecule has 6 heteroatoms. The van der Waals surface area contributed by atoms with Gasteiger partial charge in [-0.1, -0.05) is 22.9 Å². The Labute approximate surface area is 109 Å². The van der Waals surface area contributed by atoms with E-state index in [2.05, 4.69) is 15.9 Å². The second-order valence-corrected chi connectivity index (χ2v) is 8.51. The lowest BCUT2D eigenvalue weighted by atomic mass is 10.1. The smallest absolute Gasteiger partial charge is 0.194 e. The van der Waals surface area contributed by atoms with Gasteiger partial charge in [0.25, 0.3) is 0 Å². The largest absolute Gasteiger partial charge is 0.399 e. The maximum Gasteiger partial charge on any atom is 0.194 e. The number of carbonyl (C=O) groups is 1. The van der Waals surface area contributed by atoms with Gasteiger partial charge < -0.3 is 5.73 Å². The van der Waals surface area contributed by atoms with Gasteiger partial charge in [0.05, 0.1) is 0 Å². The first kappa shape index (κ1) is 14.2. The van der Waals surface area contributed by atoms with Crippen molar-refractivity contribution in [2.24, 2.45) is 0 Å². The summed E-state index contributed by atoms with van der Waals surface area (Å²) in [5, 5.41) is 0. The summed E-state index contributed by atoms with van der Waals surface area (Å²) in [6, 6.07) is 6.16. The Balaban J connectivity index is 3.18. The summed E-state index contributed by atoms with van der Waals surface area (Å²) in [7, 11) is -3.52. The van der Waals surface area contributed by atoms with Gasteiger partial charge >= 0.3 is 0 Å². The molecule has 0 saturated carbocycles. The summed E-state index contributed by atoms with van der Waals surface area (Å²) >= 11 is 3.02. The molecule has 2 N–H and O–H groups in total. The molecule has 17 heavy (non-hydrogen) atoms. The fourth-order valence-corrected chi connectivity index (χ4v) is 3.16. The normalized spacial score (nSPS) is 15.2. The highest BCUT2D eigenvalue weighted by Crippen LogP contribution is 2.30. The van der Waals surface area contributed by atoms with Crippen LogP contribution in [0.2, 0.25) is 0 Å². The Hall–Kier alpha value is -0.880. The summed E-state index contributed by atoms with van der Waals surface area (Å²) in [6.45, 7) is 2.86. The van der Waals surface area contributed by atoms with Crippen LogP contribution in [0.5, 0.6) is 0 Å². The van der Waals surface area contributed by atoms with Crippen molar-refractivity contribution < 1.29 is 13.2 Å². The maximum absolute atomic E-state index is 12.1. The maximum atomic E-state index is 12.1. The third kappa shape index (κ3) is 2.69. The van der Waals surface area contributed by atoms with Crippen molar-refractivity contribution in [1.29, 1.82) is 0 Å². The average Bonchev–Trinajstić information content (AvgIpc) is 2.28. The van der Waals surface area contributed by atoms with Crippen molar-refractivity contribution in [3.63, 3.8) is 0 Å².